The molecule has 0 aliphatic heterocycles. The third kappa shape index (κ3) is 4.11. The summed E-state index contributed by atoms with van der Waals surface area (Å²) in [5, 5.41) is 14.9. The second-order valence-electron chi connectivity index (χ2n) is 5.31. The third-order valence-corrected chi connectivity index (χ3v) is 3.25. The lowest BCUT2D eigenvalue weighted by molar-refractivity contribution is 0.160. The third-order valence-electron chi connectivity index (χ3n) is 3.25. The first-order chi connectivity index (χ1) is 10.5. The van der Waals surface area contributed by atoms with Crippen molar-refractivity contribution < 1.29 is 14.3 Å². The number of nitrogens with zero attached hydrogens (tertiary/aromatic N) is 2. The Morgan fingerprint density at radius 1 is 1.45 bits per heavy atom. The van der Waals surface area contributed by atoms with Gasteiger partial charge in [0.15, 0.2) is 5.58 Å². The van der Waals surface area contributed by atoms with E-state index in [1.165, 1.54) is 0 Å². The Bertz CT molecular complexity index is 639. The number of carbonyl (C=O) groups is 1. The van der Waals surface area contributed by atoms with Gasteiger partial charge in [0.2, 0.25) is 0 Å². The van der Waals surface area contributed by atoms with Crippen molar-refractivity contribution in [1.82, 2.24) is 10.3 Å². The molecule has 1 aromatic heterocycles. The van der Waals surface area contributed by atoms with Crippen LogP contribution in [0, 0.1) is 0 Å². The number of aliphatic hydroxyl groups is 1. The van der Waals surface area contributed by atoms with Crippen molar-refractivity contribution in [3.63, 3.8) is 0 Å². The van der Waals surface area contributed by atoms with Gasteiger partial charge in [-0.25, -0.2) is 4.79 Å². The van der Waals surface area contributed by atoms with Crippen molar-refractivity contribution in [3.8, 4) is 0 Å². The van der Waals surface area contributed by atoms with Crippen LogP contribution in [0.2, 0.25) is 0 Å². The van der Waals surface area contributed by atoms with Gasteiger partial charge in [-0.1, -0.05) is 6.92 Å². The highest BCUT2D eigenvalue weighted by Crippen LogP contribution is 2.23. The van der Waals surface area contributed by atoms with Gasteiger partial charge in [0.25, 0.3) is 6.01 Å². The minimum atomic E-state index is -0.379. The zero-order chi connectivity index (χ0) is 16.1. The van der Waals surface area contributed by atoms with Crippen molar-refractivity contribution in [3.05, 3.63) is 18.2 Å². The predicted molar refractivity (Wildman–Crippen MR) is 86.3 cm³/mol. The van der Waals surface area contributed by atoms with Crippen LogP contribution in [0.15, 0.2) is 22.6 Å². The molecule has 7 heteroatoms. The molecule has 1 heterocycles. The molecular weight excluding hydrogens is 284 g/mol. The van der Waals surface area contributed by atoms with Gasteiger partial charge < -0.3 is 25.1 Å². The van der Waals surface area contributed by atoms with Crippen LogP contribution in [0.25, 0.3) is 11.1 Å². The standard InChI is InChI=1S/C15H22N4O3/c1-4-11(20)7-8-16-14(21)17-10-5-6-12-13(9-10)22-15(18-12)19(2)3/h5-6,9,11,20H,4,7-8H2,1-3H3,(H2,16,17,21). The van der Waals surface area contributed by atoms with Crippen LogP contribution >= 0.6 is 0 Å². The molecule has 1 aromatic carbocycles. The van der Waals surface area contributed by atoms with Crippen LogP contribution in [0.1, 0.15) is 19.8 Å². The van der Waals surface area contributed by atoms with E-state index >= 15 is 0 Å². The minimum absolute atomic E-state index is 0.310. The van der Waals surface area contributed by atoms with Crippen LogP contribution in [0.5, 0.6) is 0 Å². The van der Waals surface area contributed by atoms with Gasteiger partial charge in [0.1, 0.15) is 5.52 Å². The summed E-state index contributed by atoms with van der Waals surface area (Å²) in [7, 11) is 3.70. The lowest BCUT2D eigenvalue weighted by Crippen LogP contribution is -2.31. The Kier molecular flexibility index (Phi) is 5.21. The quantitative estimate of drug-likeness (QED) is 0.761. The number of anilines is 2. The van der Waals surface area contributed by atoms with E-state index in [1.807, 2.05) is 21.0 Å². The smallest absolute Gasteiger partial charge is 0.319 e. The molecular formula is C15H22N4O3. The van der Waals surface area contributed by atoms with Crippen LogP contribution in [0.4, 0.5) is 16.5 Å². The molecule has 7 nitrogen and oxygen atoms in total. The van der Waals surface area contributed by atoms with E-state index in [2.05, 4.69) is 15.6 Å². The highest BCUT2D eigenvalue weighted by molar-refractivity contribution is 5.91. The monoisotopic (exact) mass is 306 g/mol. The number of urea groups is 1. The topological polar surface area (TPSA) is 90.6 Å². The summed E-state index contributed by atoms with van der Waals surface area (Å²) in [6.45, 7) is 2.33. The Balaban J connectivity index is 1.95. The first kappa shape index (κ1) is 16.1. The van der Waals surface area contributed by atoms with Crippen LogP contribution < -0.4 is 15.5 Å². The zero-order valence-electron chi connectivity index (χ0n) is 13.1. The summed E-state index contributed by atoms with van der Waals surface area (Å²) in [5.41, 5.74) is 1.98. The number of aliphatic hydroxyl groups excluding tert-OH is 1. The molecule has 22 heavy (non-hydrogen) atoms. The maximum atomic E-state index is 11.8. The van der Waals surface area contributed by atoms with Crippen molar-refractivity contribution in [2.45, 2.75) is 25.9 Å². The zero-order valence-corrected chi connectivity index (χ0v) is 13.1. The fourth-order valence-electron chi connectivity index (χ4n) is 1.91. The average Bonchev–Trinajstić information content (AvgIpc) is 2.90. The molecule has 0 radical (unpaired) electrons. The Morgan fingerprint density at radius 2 is 2.23 bits per heavy atom. The summed E-state index contributed by atoms with van der Waals surface area (Å²) in [6.07, 6.45) is 0.840. The SMILES string of the molecule is CCC(O)CCNC(=O)Nc1ccc2nc(N(C)C)oc2c1. The lowest BCUT2D eigenvalue weighted by Gasteiger charge is -2.09. The van der Waals surface area contributed by atoms with Crippen LogP contribution in [-0.2, 0) is 0 Å². The fraction of sp³-hybridized carbons (Fsp3) is 0.467. The average molecular weight is 306 g/mol. The summed E-state index contributed by atoms with van der Waals surface area (Å²) in [4.78, 5) is 17.9. The fourth-order valence-corrected chi connectivity index (χ4v) is 1.91. The summed E-state index contributed by atoms with van der Waals surface area (Å²) >= 11 is 0. The number of hydrogen-bond acceptors (Lipinski definition) is 5. The largest absolute Gasteiger partial charge is 0.423 e. The second-order valence-corrected chi connectivity index (χ2v) is 5.31. The van der Waals surface area contributed by atoms with E-state index in [-0.39, 0.29) is 12.1 Å². The molecule has 0 spiro atoms. The van der Waals surface area contributed by atoms with Gasteiger partial charge >= 0.3 is 6.03 Å². The maximum Gasteiger partial charge on any atom is 0.319 e. The molecule has 2 rings (SSSR count). The molecule has 2 amide bonds. The van der Waals surface area contributed by atoms with Crippen LogP contribution in [-0.4, -0.2) is 42.9 Å². The molecule has 2 aromatic rings. The number of nitrogens with one attached hydrogen (secondary N) is 2. The molecule has 0 aliphatic carbocycles. The van der Waals surface area contributed by atoms with Gasteiger partial charge in [-0.15, -0.1) is 0 Å². The Labute approximate surface area is 129 Å². The molecule has 0 bridgehead atoms. The van der Waals surface area contributed by atoms with Gasteiger partial charge in [-0.05, 0) is 25.0 Å². The normalized spacial score (nSPS) is 12.2. The number of fused-ring (bicyclic) bond motifs is 1. The lowest BCUT2D eigenvalue weighted by atomic mass is 10.2. The van der Waals surface area contributed by atoms with E-state index in [9.17, 15) is 9.90 Å². The maximum absolute atomic E-state index is 11.8. The van der Waals surface area contributed by atoms with E-state index in [1.54, 1.807) is 23.1 Å². The predicted octanol–water partition coefficient (Wildman–Crippen LogP) is 2.18. The summed E-state index contributed by atoms with van der Waals surface area (Å²) < 4.78 is 5.59. The Morgan fingerprint density at radius 3 is 2.91 bits per heavy atom. The number of rotatable bonds is 6. The molecule has 1 atom stereocenters. The number of amides is 2. The first-order valence-electron chi connectivity index (χ1n) is 7.30. The molecule has 0 fully saturated rings. The van der Waals surface area contributed by atoms with Gasteiger partial charge in [-0.3, -0.25) is 0 Å². The van der Waals surface area contributed by atoms with Crippen molar-refractivity contribution >= 4 is 28.8 Å². The number of oxazole rings is 1. The van der Waals surface area contributed by atoms with Crippen LogP contribution in [0.3, 0.4) is 0 Å². The minimum Gasteiger partial charge on any atom is -0.423 e. The number of benzene rings is 1. The van der Waals surface area contributed by atoms with E-state index < -0.39 is 0 Å². The first-order valence-corrected chi connectivity index (χ1v) is 7.30. The van der Waals surface area contributed by atoms with Gasteiger partial charge in [-0.2, -0.15) is 4.98 Å². The molecule has 120 valence electrons. The van der Waals surface area contributed by atoms with Gasteiger partial charge in [0.05, 0.1) is 6.10 Å². The Hall–Kier alpha value is -2.28. The highest BCUT2D eigenvalue weighted by atomic mass is 16.4. The summed E-state index contributed by atoms with van der Waals surface area (Å²) in [6, 6.07) is 5.50. The van der Waals surface area contributed by atoms with E-state index in [0.29, 0.717) is 36.7 Å². The van der Waals surface area contributed by atoms with Crippen molar-refractivity contribution in [1.29, 1.82) is 0 Å². The summed E-state index contributed by atoms with van der Waals surface area (Å²) in [5.74, 6) is 0. The molecule has 0 aliphatic rings. The number of hydrogen-bond donors (Lipinski definition) is 3. The molecule has 0 saturated carbocycles. The number of carbonyl (C=O) groups excluding carboxylic acids is 1. The second kappa shape index (κ2) is 7.13. The molecule has 1 unspecified atom stereocenters. The van der Waals surface area contributed by atoms with E-state index in [0.717, 1.165) is 5.52 Å². The van der Waals surface area contributed by atoms with Crippen molar-refractivity contribution in [2.24, 2.45) is 0 Å². The number of aromatic nitrogens is 1. The van der Waals surface area contributed by atoms with Gasteiger partial charge in [0, 0.05) is 32.4 Å². The van der Waals surface area contributed by atoms with Crippen molar-refractivity contribution in [2.75, 3.05) is 30.9 Å². The molecule has 0 saturated heterocycles. The highest BCUT2D eigenvalue weighted by Gasteiger charge is 2.09. The molecule has 3 N–H and O–H groups in total. The van der Waals surface area contributed by atoms with E-state index in [4.69, 9.17) is 4.42 Å².